The van der Waals surface area contributed by atoms with Gasteiger partial charge >= 0.3 is 6.03 Å². The van der Waals surface area contributed by atoms with E-state index in [1.165, 1.54) is 0 Å². The number of rotatable bonds is 5. The number of nitrogens with one attached hydrogen (secondary N) is 2. The van der Waals surface area contributed by atoms with Crippen molar-refractivity contribution in [2.45, 2.75) is 37.9 Å². The first-order chi connectivity index (χ1) is 12.6. The third-order valence-electron chi connectivity index (χ3n) is 4.80. The summed E-state index contributed by atoms with van der Waals surface area (Å²) < 4.78 is 12.0. The molecule has 3 heterocycles. The molecule has 0 unspecified atom stereocenters. The molecule has 8 heteroatoms. The molecule has 144 valence electrons. The average molecular weight is 381 g/mol. The number of carbonyl (C=O) groups is 2. The molecule has 2 fully saturated rings. The lowest BCUT2D eigenvalue weighted by Gasteiger charge is -2.32. The Labute approximate surface area is 158 Å². The quantitative estimate of drug-likeness (QED) is 0.808. The van der Waals surface area contributed by atoms with E-state index in [1.54, 1.807) is 11.3 Å². The van der Waals surface area contributed by atoms with Gasteiger partial charge < -0.3 is 25.0 Å². The molecular formula is C18H27N3O4S. The molecule has 0 radical (unpaired) electrons. The first-order valence-corrected chi connectivity index (χ1v) is 10.1. The molecular weight excluding hydrogens is 354 g/mol. The van der Waals surface area contributed by atoms with Crippen LogP contribution in [0.4, 0.5) is 4.79 Å². The molecule has 2 N–H and O–H groups in total. The fourth-order valence-electron chi connectivity index (χ4n) is 3.49. The van der Waals surface area contributed by atoms with Gasteiger partial charge in [0.05, 0.1) is 32.3 Å². The van der Waals surface area contributed by atoms with Crippen LogP contribution in [0, 0.1) is 0 Å². The number of hydrogen-bond acceptors (Lipinski definition) is 5. The number of amides is 3. The van der Waals surface area contributed by atoms with Gasteiger partial charge in [-0.15, -0.1) is 0 Å². The molecule has 0 saturated carbocycles. The summed E-state index contributed by atoms with van der Waals surface area (Å²) in [4.78, 5) is 26.1. The Kier molecular flexibility index (Phi) is 6.50. The summed E-state index contributed by atoms with van der Waals surface area (Å²) in [7, 11) is 0. The number of carbonyl (C=O) groups excluding carboxylic acids is 2. The minimum Gasteiger partial charge on any atom is -0.377 e. The summed E-state index contributed by atoms with van der Waals surface area (Å²) in [6.07, 6.45) is 2.05. The zero-order valence-corrected chi connectivity index (χ0v) is 16.0. The van der Waals surface area contributed by atoms with Gasteiger partial charge in [-0.25, -0.2) is 4.79 Å². The van der Waals surface area contributed by atoms with E-state index >= 15 is 0 Å². The normalized spacial score (nSPS) is 25.9. The van der Waals surface area contributed by atoms with Crippen molar-refractivity contribution in [3.63, 3.8) is 0 Å². The molecule has 1 aromatic rings. The van der Waals surface area contributed by atoms with E-state index in [1.807, 2.05) is 28.7 Å². The molecule has 1 aromatic heterocycles. The monoisotopic (exact) mass is 381 g/mol. The van der Waals surface area contributed by atoms with Gasteiger partial charge in [-0.3, -0.25) is 4.79 Å². The predicted molar refractivity (Wildman–Crippen MR) is 99.3 cm³/mol. The second-order valence-corrected chi connectivity index (χ2v) is 7.66. The maximum Gasteiger partial charge on any atom is 0.314 e. The Balaban J connectivity index is 1.55. The van der Waals surface area contributed by atoms with Crippen LogP contribution in [0.25, 0.3) is 0 Å². The predicted octanol–water partition coefficient (Wildman–Crippen LogP) is 1.39. The number of ether oxygens (including phenoxy) is 2. The number of thiophene rings is 1. The van der Waals surface area contributed by atoms with Gasteiger partial charge in [0.25, 0.3) is 0 Å². The Morgan fingerprint density at radius 3 is 3.08 bits per heavy atom. The second-order valence-electron chi connectivity index (χ2n) is 6.88. The highest BCUT2D eigenvalue weighted by Gasteiger charge is 2.44. The second kappa shape index (κ2) is 8.83. The first-order valence-electron chi connectivity index (χ1n) is 9.16. The van der Waals surface area contributed by atoms with E-state index in [2.05, 4.69) is 10.6 Å². The lowest BCUT2D eigenvalue weighted by molar-refractivity contribution is -0.135. The van der Waals surface area contributed by atoms with Crippen LogP contribution in [-0.2, 0) is 20.7 Å². The van der Waals surface area contributed by atoms with Crippen molar-refractivity contribution >= 4 is 23.3 Å². The van der Waals surface area contributed by atoms with Gasteiger partial charge in [0.2, 0.25) is 5.91 Å². The Bertz CT molecular complexity index is 610. The Morgan fingerprint density at radius 1 is 1.42 bits per heavy atom. The lowest BCUT2D eigenvalue weighted by Crippen LogP contribution is -2.48. The highest BCUT2D eigenvalue weighted by Crippen LogP contribution is 2.33. The van der Waals surface area contributed by atoms with Crippen molar-refractivity contribution in [3.8, 4) is 0 Å². The summed E-state index contributed by atoms with van der Waals surface area (Å²) in [6.45, 7) is 5.11. The number of urea groups is 1. The largest absolute Gasteiger partial charge is 0.377 e. The van der Waals surface area contributed by atoms with Gasteiger partial charge in [-0.2, -0.15) is 11.3 Å². The van der Waals surface area contributed by atoms with Gasteiger partial charge in [0.15, 0.2) is 0 Å². The van der Waals surface area contributed by atoms with Gasteiger partial charge in [-0.1, -0.05) is 0 Å². The highest BCUT2D eigenvalue weighted by molar-refractivity contribution is 7.08. The molecule has 2 aliphatic rings. The van der Waals surface area contributed by atoms with Crippen LogP contribution < -0.4 is 10.6 Å². The minimum atomic E-state index is -0.464. The van der Waals surface area contributed by atoms with Gasteiger partial charge in [-0.05, 0) is 42.2 Å². The highest BCUT2D eigenvalue weighted by atomic mass is 32.1. The van der Waals surface area contributed by atoms with Crippen molar-refractivity contribution in [1.29, 1.82) is 0 Å². The third kappa shape index (κ3) is 4.96. The van der Waals surface area contributed by atoms with E-state index in [0.717, 1.165) is 18.4 Å². The number of nitrogens with zero attached hydrogens (tertiary/aromatic N) is 1. The van der Waals surface area contributed by atoms with Crippen LogP contribution in [0.2, 0.25) is 0 Å². The SMILES string of the molecule is CCNC(=O)NC[C@@H]1CC[C@@]2(COCCN(C(=O)Cc3ccsc3)C2)O1. The van der Waals surface area contributed by atoms with Crippen molar-refractivity contribution in [2.75, 3.05) is 39.4 Å². The van der Waals surface area contributed by atoms with Crippen molar-refractivity contribution in [2.24, 2.45) is 0 Å². The van der Waals surface area contributed by atoms with E-state index in [0.29, 0.717) is 45.8 Å². The molecule has 0 aliphatic carbocycles. The van der Waals surface area contributed by atoms with Crippen LogP contribution in [-0.4, -0.2) is 67.9 Å². The van der Waals surface area contributed by atoms with Crippen molar-refractivity contribution < 1.29 is 19.1 Å². The van der Waals surface area contributed by atoms with Crippen LogP contribution in [0.15, 0.2) is 16.8 Å². The topological polar surface area (TPSA) is 79.9 Å². The molecule has 1 spiro atoms. The molecule has 2 aliphatic heterocycles. The van der Waals surface area contributed by atoms with E-state index in [-0.39, 0.29) is 18.0 Å². The summed E-state index contributed by atoms with van der Waals surface area (Å²) in [5.74, 6) is 0.112. The van der Waals surface area contributed by atoms with Crippen LogP contribution in [0.5, 0.6) is 0 Å². The zero-order valence-electron chi connectivity index (χ0n) is 15.2. The van der Waals surface area contributed by atoms with Crippen molar-refractivity contribution in [3.05, 3.63) is 22.4 Å². The van der Waals surface area contributed by atoms with E-state index < -0.39 is 5.60 Å². The maximum absolute atomic E-state index is 12.7. The van der Waals surface area contributed by atoms with Crippen LogP contribution in [0.1, 0.15) is 25.3 Å². The van der Waals surface area contributed by atoms with Crippen LogP contribution in [0.3, 0.4) is 0 Å². The Morgan fingerprint density at radius 2 is 2.31 bits per heavy atom. The number of hydrogen-bond donors (Lipinski definition) is 2. The molecule has 26 heavy (non-hydrogen) atoms. The fraction of sp³-hybridized carbons (Fsp3) is 0.667. The molecule has 3 amide bonds. The van der Waals surface area contributed by atoms with Gasteiger partial charge in [0, 0.05) is 19.6 Å². The summed E-state index contributed by atoms with van der Waals surface area (Å²) in [5.41, 5.74) is 0.588. The third-order valence-corrected chi connectivity index (χ3v) is 5.54. The fourth-order valence-corrected chi connectivity index (χ4v) is 4.16. The first kappa shape index (κ1) is 19.1. The molecule has 2 atom stereocenters. The van der Waals surface area contributed by atoms with E-state index in [4.69, 9.17) is 9.47 Å². The smallest absolute Gasteiger partial charge is 0.314 e. The molecule has 7 nitrogen and oxygen atoms in total. The standard InChI is InChI=1S/C18H27N3O4S/c1-2-19-17(23)20-10-15-3-5-18(25-15)12-21(6-7-24-13-18)16(22)9-14-4-8-26-11-14/h4,8,11,15H,2-3,5-7,9-10,12-13H2,1H3,(H2,19,20,23)/t15-,18+/m0/s1. The summed E-state index contributed by atoms with van der Waals surface area (Å²) in [6, 6.07) is 1.81. The summed E-state index contributed by atoms with van der Waals surface area (Å²) >= 11 is 1.60. The lowest BCUT2D eigenvalue weighted by atomic mass is 10.00. The Hall–Kier alpha value is -1.64. The van der Waals surface area contributed by atoms with Crippen molar-refractivity contribution in [1.82, 2.24) is 15.5 Å². The molecule has 0 bridgehead atoms. The molecule has 2 saturated heterocycles. The zero-order chi connectivity index (χ0) is 18.4. The minimum absolute atomic E-state index is 0.0480. The molecule has 3 rings (SSSR count). The maximum atomic E-state index is 12.7. The van der Waals surface area contributed by atoms with Gasteiger partial charge in [0.1, 0.15) is 5.60 Å². The van der Waals surface area contributed by atoms with Crippen LogP contribution >= 0.6 is 11.3 Å². The van der Waals surface area contributed by atoms with E-state index in [9.17, 15) is 9.59 Å². The molecule has 0 aromatic carbocycles. The summed E-state index contributed by atoms with van der Waals surface area (Å²) in [5, 5.41) is 9.54. The average Bonchev–Trinajstić information content (AvgIpc) is 3.21.